The van der Waals surface area contributed by atoms with Gasteiger partial charge in [-0.2, -0.15) is 0 Å². The van der Waals surface area contributed by atoms with Crippen molar-refractivity contribution in [2.45, 2.75) is 403 Å². The van der Waals surface area contributed by atoms with Crippen LogP contribution in [-0.4, -0.2) is 87.5 Å². The van der Waals surface area contributed by atoms with Gasteiger partial charge in [-0.15, -0.1) is 0 Å². The Kier molecular flexibility index (Phi) is 67.7. The molecule has 0 aromatic heterocycles. The second-order valence-corrected chi connectivity index (χ2v) is 27.1. The molecule has 93 heavy (non-hydrogen) atoms. The number of rotatable bonds is 69. The molecule has 0 bridgehead atoms. The number of allylic oxidation sites excluding steroid dienone is 18. The zero-order valence-corrected chi connectivity index (χ0v) is 60.5. The monoisotopic (exact) mass is 1300 g/mol. The first-order valence-corrected chi connectivity index (χ1v) is 39.6. The van der Waals surface area contributed by atoms with Gasteiger partial charge >= 0.3 is 0 Å². The molecule has 0 aromatic carbocycles. The van der Waals surface area contributed by atoms with Crippen molar-refractivity contribution in [2.75, 3.05) is 13.2 Å². The molecule has 7 unspecified atom stereocenters. The fourth-order valence-corrected chi connectivity index (χ4v) is 12.3. The van der Waals surface area contributed by atoms with Crippen LogP contribution in [0.2, 0.25) is 0 Å². The molecule has 0 aliphatic carbocycles. The van der Waals surface area contributed by atoms with Crippen molar-refractivity contribution in [3.8, 4) is 0 Å². The Hall–Kier alpha value is -3.15. The zero-order chi connectivity index (χ0) is 67.1. The summed E-state index contributed by atoms with van der Waals surface area (Å²) in [5, 5.41) is 55.1. The molecule has 0 spiro atoms. The molecular weight excluding hydrogens is 1150 g/mol. The van der Waals surface area contributed by atoms with Gasteiger partial charge in [0.2, 0.25) is 5.91 Å². The SMILES string of the molecule is CC/C=C\C/C=C\C/C=C\C/C=C\C/C=C\C/C=C\C/C=C\C/C=C\C/C=C\CCCCCCCCCCCC(=O)NC(COC1OC(CO)C(O)C(O)C1O)C(O)CCCCCCCCCCCCCCCCCCCCCCCCCCCCCCCCCCC. The van der Waals surface area contributed by atoms with Gasteiger partial charge in [0.25, 0.3) is 0 Å². The number of hydrogen-bond donors (Lipinski definition) is 6. The Labute approximate surface area is 574 Å². The van der Waals surface area contributed by atoms with Gasteiger partial charge in [-0.3, -0.25) is 4.79 Å². The first-order valence-electron chi connectivity index (χ1n) is 39.6. The van der Waals surface area contributed by atoms with E-state index < -0.39 is 49.5 Å². The van der Waals surface area contributed by atoms with Gasteiger partial charge in [-0.05, 0) is 83.5 Å². The molecule has 1 fully saturated rings. The van der Waals surface area contributed by atoms with Crippen molar-refractivity contribution >= 4 is 5.91 Å². The number of nitrogens with one attached hydrogen (secondary N) is 1. The lowest BCUT2D eigenvalue weighted by Crippen LogP contribution is -2.60. The van der Waals surface area contributed by atoms with E-state index in [-0.39, 0.29) is 12.5 Å². The summed E-state index contributed by atoms with van der Waals surface area (Å²) in [5.74, 6) is -0.150. The van der Waals surface area contributed by atoms with E-state index >= 15 is 0 Å². The largest absolute Gasteiger partial charge is 0.394 e. The quantitative estimate of drug-likeness (QED) is 0.0261. The van der Waals surface area contributed by atoms with E-state index in [1.165, 1.54) is 231 Å². The van der Waals surface area contributed by atoms with E-state index in [0.29, 0.717) is 12.8 Å². The van der Waals surface area contributed by atoms with Crippen molar-refractivity contribution in [1.29, 1.82) is 0 Å². The second kappa shape index (κ2) is 71.6. The fourth-order valence-electron chi connectivity index (χ4n) is 12.3. The molecule has 0 saturated carbocycles. The predicted octanol–water partition coefficient (Wildman–Crippen LogP) is 22.8. The highest BCUT2D eigenvalue weighted by atomic mass is 16.7. The summed E-state index contributed by atoms with van der Waals surface area (Å²) in [5.41, 5.74) is 0. The molecule has 9 nitrogen and oxygen atoms in total. The van der Waals surface area contributed by atoms with Crippen molar-refractivity contribution in [2.24, 2.45) is 0 Å². The van der Waals surface area contributed by atoms with Crippen LogP contribution in [0.3, 0.4) is 0 Å². The molecule has 1 aliphatic rings. The van der Waals surface area contributed by atoms with Crippen LogP contribution in [0.15, 0.2) is 109 Å². The van der Waals surface area contributed by atoms with Crippen LogP contribution in [0.1, 0.15) is 361 Å². The Morgan fingerprint density at radius 3 is 0.989 bits per heavy atom. The second-order valence-electron chi connectivity index (χ2n) is 27.1. The summed E-state index contributed by atoms with van der Waals surface area (Å²) in [6.07, 6.45) is 98.9. The number of ether oxygens (including phenoxy) is 2. The number of carbonyl (C=O) groups is 1. The van der Waals surface area contributed by atoms with Crippen LogP contribution in [-0.2, 0) is 14.3 Å². The topological polar surface area (TPSA) is 149 Å². The molecule has 0 radical (unpaired) electrons. The lowest BCUT2D eigenvalue weighted by atomic mass is 9.99. The van der Waals surface area contributed by atoms with Gasteiger partial charge in [-0.25, -0.2) is 0 Å². The Bertz CT molecular complexity index is 1850. The van der Waals surface area contributed by atoms with E-state index in [0.717, 1.165) is 103 Å². The summed E-state index contributed by atoms with van der Waals surface area (Å²) < 4.78 is 11.4. The maximum Gasteiger partial charge on any atom is 0.220 e. The average Bonchev–Trinajstić information content (AvgIpc) is 1.01. The number of unbranched alkanes of at least 4 members (excludes halogenated alkanes) is 41. The van der Waals surface area contributed by atoms with Gasteiger partial charge in [-0.1, -0.05) is 380 Å². The minimum Gasteiger partial charge on any atom is -0.394 e. The van der Waals surface area contributed by atoms with Crippen molar-refractivity contribution in [1.82, 2.24) is 5.32 Å². The first kappa shape index (κ1) is 87.9. The standard InChI is InChI=1S/C84H149NO8/c1-3-5-7-9-11-13-15-17-19-21-23-25-27-29-31-33-35-37-38-39-40-42-44-46-48-50-52-54-56-58-60-62-64-66-68-70-72-74-80(88)85-77(76-92-84-83(91)82(90)81(89)79(75-86)93-84)78(87)73-71-69-67-65-63-61-59-57-55-53-51-49-47-45-43-41-36-34-32-30-28-26-24-22-20-18-16-14-12-10-8-6-4-2/h5,7,11,13,17,19,23,25,29,31,35,37,39-40,44,46,50,52,77-79,81-84,86-87,89-91H,3-4,6,8-10,12,14-16,18,20-22,24,26-28,30,32-34,36,38,41-43,45,47-49,51,53-76H2,1-2H3,(H,85,88)/b7-5-,13-11-,19-17-,25-23-,31-29-,37-35-,40-39-,46-44-,52-50-. The molecular formula is C84H149NO8. The van der Waals surface area contributed by atoms with Crippen LogP contribution in [0.25, 0.3) is 0 Å². The smallest absolute Gasteiger partial charge is 0.220 e. The molecule has 1 aliphatic heterocycles. The highest BCUT2D eigenvalue weighted by Crippen LogP contribution is 2.24. The molecule has 1 saturated heterocycles. The molecule has 1 amide bonds. The van der Waals surface area contributed by atoms with Gasteiger partial charge in [0, 0.05) is 6.42 Å². The van der Waals surface area contributed by atoms with E-state index in [9.17, 15) is 30.3 Å². The van der Waals surface area contributed by atoms with Gasteiger partial charge in [0.05, 0.1) is 25.4 Å². The van der Waals surface area contributed by atoms with E-state index in [4.69, 9.17) is 9.47 Å². The molecule has 1 rings (SSSR count). The van der Waals surface area contributed by atoms with Gasteiger partial charge < -0.3 is 40.3 Å². The number of amides is 1. The van der Waals surface area contributed by atoms with Crippen molar-refractivity contribution < 1.29 is 39.8 Å². The van der Waals surface area contributed by atoms with Crippen LogP contribution in [0.4, 0.5) is 0 Å². The molecule has 9 heteroatoms. The number of carbonyl (C=O) groups excluding carboxylic acids is 1. The first-order chi connectivity index (χ1) is 45.8. The van der Waals surface area contributed by atoms with E-state index in [1.54, 1.807) is 0 Å². The number of aliphatic hydroxyl groups excluding tert-OH is 5. The summed E-state index contributed by atoms with van der Waals surface area (Å²) in [6.45, 7) is 3.76. The van der Waals surface area contributed by atoms with Gasteiger partial charge in [0.15, 0.2) is 6.29 Å². The van der Waals surface area contributed by atoms with Crippen LogP contribution >= 0.6 is 0 Å². The average molecular weight is 1300 g/mol. The van der Waals surface area contributed by atoms with E-state index in [2.05, 4.69) is 129 Å². The van der Waals surface area contributed by atoms with Crippen molar-refractivity contribution in [3.63, 3.8) is 0 Å². The van der Waals surface area contributed by atoms with Crippen molar-refractivity contribution in [3.05, 3.63) is 109 Å². The summed E-state index contributed by atoms with van der Waals surface area (Å²) in [4.78, 5) is 13.2. The minimum absolute atomic E-state index is 0.144. The molecule has 1 heterocycles. The third-order valence-electron chi connectivity index (χ3n) is 18.4. The zero-order valence-electron chi connectivity index (χ0n) is 60.5. The lowest BCUT2D eigenvalue weighted by Gasteiger charge is -2.40. The number of aliphatic hydroxyl groups is 5. The Morgan fingerprint density at radius 2 is 0.667 bits per heavy atom. The molecule has 538 valence electrons. The highest BCUT2D eigenvalue weighted by molar-refractivity contribution is 5.76. The summed E-state index contributed by atoms with van der Waals surface area (Å²) in [7, 11) is 0. The third-order valence-corrected chi connectivity index (χ3v) is 18.4. The maximum atomic E-state index is 13.2. The van der Waals surface area contributed by atoms with E-state index in [1.807, 2.05) is 0 Å². The Morgan fingerprint density at radius 1 is 0.376 bits per heavy atom. The molecule has 7 atom stereocenters. The predicted molar refractivity (Wildman–Crippen MR) is 401 cm³/mol. The minimum atomic E-state index is -1.56. The fraction of sp³-hybridized carbons (Fsp3) is 0.774. The lowest BCUT2D eigenvalue weighted by molar-refractivity contribution is -0.302. The van der Waals surface area contributed by atoms with Gasteiger partial charge in [0.1, 0.15) is 24.4 Å². The normalized spacial score (nSPS) is 18.2. The molecule has 0 aromatic rings. The Balaban J connectivity index is 2.10. The number of hydrogen-bond acceptors (Lipinski definition) is 8. The molecule has 6 N–H and O–H groups in total. The van der Waals surface area contributed by atoms with Crippen LogP contribution < -0.4 is 5.32 Å². The highest BCUT2D eigenvalue weighted by Gasteiger charge is 2.44. The summed E-state index contributed by atoms with van der Waals surface area (Å²) >= 11 is 0. The summed E-state index contributed by atoms with van der Waals surface area (Å²) in [6, 6.07) is -0.732. The third kappa shape index (κ3) is 59.8. The van der Waals surface area contributed by atoms with Crippen LogP contribution in [0.5, 0.6) is 0 Å². The van der Waals surface area contributed by atoms with Crippen LogP contribution in [0, 0.1) is 0 Å². The maximum absolute atomic E-state index is 13.2.